The molecule has 1 saturated heterocycles. The fourth-order valence-corrected chi connectivity index (χ4v) is 2.05. The molecule has 1 fully saturated rings. The van der Waals surface area contributed by atoms with Crippen LogP contribution in [0.5, 0.6) is 5.75 Å². The van der Waals surface area contributed by atoms with E-state index in [9.17, 15) is 15.0 Å². The molecule has 4 unspecified atom stereocenters. The van der Waals surface area contributed by atoms with E-state index in [0.29, 0.717) is 0 Å². The lowest BCUT2D eigenvalue weighted by atomic mass is 10.1. The van der Waals surface area contributed by atoms with E-state index in [0.717, 1.165) is 4.68 Å². The first-order valence-corrected chi connectivity index (χ1v) is 5.82. The van der Waals surface area contributed by atoms with E-state index in [4.69, 9.17) is 26.2 Å². The molecule has 9 heteroatoms. The maximum atomic E-state index is 11.9. The highest BCUT2D eigenvalue weighted by molar-refractivity contribution is 6.31. The summed E-state index contributed by atoms with van der Waals surface area (Å²) in [7, 11) is 1.33. The van der Waals surface area contributed by atoms with Gasteiger partial charge in [-0.05, 0) is 0 Å². The first-order chi connectivity index (χ1) is 9.01. The first kappa shape index (κ1) is 14.2. The standard InChI is InChI=1S/C10H13ClN2O6/c1-18-4-2-12-13(9(17)6(4)11)10-8(16)7(15)5(3-14)19-10/h2,5,7-8,10,14-16H,3H2,1H3. The average Bonchev–Trinajstić information content (AvgIpc) is 2.69. The Kier molecular flexibility index (Phi) is 4.07. The fraction of sp³-hybridized carbons (Fsp3) is 0.600. The van der Waals surface area contributed by atoms with Gasteiger partial charge in [0.05, 0.1) is 19.9 Å². The van der Waals surface area contributed by atoms with Crippen LogP contribution in [0.3, 0.4) is 0 Å². The Hall–Kier alpha value is -1.19. The smallest absolute Gasteiger partial charge is 0.291 e. The van der Waals surface area contributed by atoms with Crippen LogP contribution in [-0.2, 0) is 4.74 Å². The number of methoxy groups -OCH3 is 1. The minimum Gasteiger partial charge on any atom is -0.493 e. The number of ether oxygens (including phenoxy) is 2. The molecule has 2 heterocycles. The highest BCUT2D eigenvalue weighted by atomic mass is 35.5. The number of hydrogen-bond donors (Lipinski definition) is 3. The molecule has 3 N–H and O–H groups in total. The van der Waals surface area contributed by atoms with Crippen molar-refractivity contribution >= 4 is 11.6 Å². The van der Waals surface area contributed by atoms with Crippen molar-refractivity contribution in [2.24, 2.45) is 0 Å². The summed E-state index contributed by atoms with van der Waals surface area (Å²) in [5, 5.41) is 31.9. The van der Waals surface area contributed by atoms with Gasteiger partial charge in [0.25, 0.3) is 5.56 Å². The average molecular weight is 293 g/mol. The second-order valence-corrected chi connectivity index (χ2v) is 4.38. The molecule has 1 aromatic heterocycles. The Morgan fingerprint density at radius 1 is 1.53 bits per heavy atom. The van der Waals surface area contributed by atoms with Gasteiger partial charge in [-0.1, -0.05) is 11.6 Å². The quantitative estimate of drug-likeness (QED) is 0.622. The van der Waals surface area contributed by atoms with Crippen LogP contribution in [0.2, 0.25) is 5.02 Å². The molecule has 8 nitrogen and oxygen atoms in total. The Morgan fingerprint density at radius 3 is 2.74 bits per heavy atom. The number of hydrogen-bond acceptors (Lipinski definition) is 7. The number of nitrogens with zero attached hydrogens (tertiary/aromatic N) is 2. The van der Waals surface area contributed by atoms with Crippen LogP contribution >= 0.6 is 11.6 Å². The minimum absolute atomic E-state index is 0.0923. The van der Waals surface area contributed by atoms with E-state index in [-0.39, 0.29) is 10.8 Å². The van der Waals surface area contributed by atoms with E-state index in [1.54, 1.807) is 0 Å². The second kappa shape index (κ2) is 5.43. The van der Waals surface area contributed by atoms with Crippen LogP contribution in [0.1, 0.15) is 6.23 Å². The monoisotopic (exact) mass is 292 g/mol. The Balaban J connectivity index is 2.38. The highest BCUT2D eigenvalue weighted by Crippen LogP contribution is 2.28. The van der Waals surface area contributed by atoms with Crippen LogP contribution in [0, 0.1) is 0 Å². The summed E-state index contributed by atoms with van der Waals surface area (Å²) in [6.45, 7) is -0.493. The Bertz CT molecular complexity index is 521. The van der Waals surface area contributed by atoms with E-state index in [1.165, 1.54) is 13.3 Å². The van der Waals surface area contributed by atoms with Crippen LogP contribution in [0.15, 0.2) is 11.0 Å². The molecule has 19 heavy (non-hydrogen) atoms. The van der Waals surface area contributed by atoms with Crippen LogP contribution in [-0.4, -0.2) is 57.1 Å². The van der Waals surface area contributed by atoms with Crippen LogP contribution < -0.4 is 10.3 Å². The van der Waals surface area contributed by atoms with Gasteiger partial charge in [-0.25, -0.2) is 0 Å². The lowest BCUT2D eigenvalue weighted by Gasteiger charge is -2.16. The van der Waals surface area contributed by atoms with Gasteiger partial charge >= 0.3 is 0 Å². The van der Waals surface area contributed by atoms with Gasteiger partial charge < -0.3 is 24.8 Å². The third-order valence-electron chi connectivity index (χ3n) is 2.89. The fourth-order valence-electron chi connectivity index (χ4n) is 1.84. The molecule has 1 aliphatic rings. The third-order valence-corrected chi connectivity index (χ3v) is 3.24. The van der Waals surface area contributed by atoms with E-state index in [1.807, 2.05) is 0 Å². The Morgan fingerprint density at radius 2 is 2.21 bits per heavy atom. The molecule has 0 bridgehead atoms. The van der Waals surface area contributed by atoms with Crippen molar-refractivity contribution in [3.8, 4) is 5.75 Å². The summed E-state index contributed by atoms with van der Waals surface area (Å²) in [6, 6.07) is 0. The van der Waals surface area contributed by atoms with Crippen molar-refractivity contribution < 1.29 is 24.8 Å². The zero-order chi connectivity index (χ0) is 14.2. The predicted molar refractivity (Wildman–Crippen MR) is 63.1 cm³/mol. The number of rotatable bonds is 3. The van der Waals surface area contributed by atoms with Gasteiger partial charge in [0.15, 0.2) is 17.0 Å². The summed E-state index contributed by atoms with van der Waals surface area (Å²) in [5.74, 6) is 0.0923. The number of aliphatic hydroxyl groups is 3. The molecular formula is C10H13ClN2O6. The van der Waals surface area contributed by atoms with Crippen molar-refractivity contribution in [2.45, 2.75) is 24.5 Å². The number of aromatic nitrogens is 2. The van der Waals surface area contributed by atoms with Gasteiger partial charge in [-0.3, -0.25) is 4.79 Å². The number of halogens is 1. The lowest BCUT2D eigenvalue weighted by Crippen LogP contribution is -2.36. The molecule has 0 radical (unpaired) electrons. The van der Waals surface area contributed by atoms with Crippen LogP contribution in [0.4, 0.5) is 0 Å². The van der Waals surface area contributed by atoms with Gasteiger partial charge in [0.1, 0.15) is 18.3 Å². The van der Waals surface area contributed by atoms with E-state index >= 15 is 0 Å². The summed E-state index contributed by atoms with van der Waals surface area (Å²) in [5.41, 5.74) is -0.726. The van der Waals surface area contributed by atoms with E-state index in [2.05, 4.69) is 5.10 Å². The maximum Gasteiger partial charge on any atom is 0.291 e. The highest BCUT2D eigenvalue weighted by Gasteiger charge is 2.44. The van der Waals surface area contributed by atoms with Crippen molar-refractivity contribution in [2.75, 3.05) is 13.7 Å². The van der Waals surface area contributed by atoms with E-state index < -0.39 is 36.7 Å². The SMILES string of the molecule is COc1cnn(C2OC(CO)C(O)C2O)c(=O)c1Cl. The lowest BCUT2D eigenvalue weighted by molar-refractivity contribution is -0.0610. The summed E-state index contributed by atoms with van der Waals surface area (Å²) in [4.78, 5) is 11.9. The largest absolute Gasteiger partial charge is 0.493 e. The predicted octanol–water partition coefficient (Wildman–Crippen LogP) is -1.48. The van der Waals surface area contributed by atoms with Crippen molar-refractivity contribution in [3.05, 3.63) is 21.6 Å². The molecule has 1 aliphatic heterocycles. The van der Waals surface area contributed by atoms with Gasteiger partial charge in [0, 0.05) is 0 Å². The van der Waals surface area contributed by atoms with Crippen molar-refractivity contribution in [3.63, 3.8) is 0 Å². The summed E-state index contributed by atoms with van der Waals surface area (Å²) < 4.78 is 10.8. The molecule has 0 amide bonds. The summed E-state index contributed by atoms with van der Waals surface area (Å²) in [6.07, 6.45) is -3.73. The minimum atomic E-state index is -1.40. The molecule has 4 atom stereocenters. The van der Waals surface area contributed by atoms with Crippen LogP contribution in [0.25, 0.3) is 0 Å². The zero-order valence-corrected chi connectivity index (χ0v) is 10.7. The molecule has 0 aromatic carbocycles. The summed E-state index contributed by atoms with van der Waals surface area (Å²) >= 11 is 5.78. The molecule has 2 rings (SSSR count). The maximum absolute atomic E-state index is 11.9. The van der Waals surface area contributed by atoms with Crippen molar-refractivity contribution in [1.82, 2.24) is 9.78 Å². The number of aliphatic hydroxyl groups excluding tert-OH is 3. The molecule has 0 spiro atoms. The molecule has 0 aliphatic carbocycles. The topological polar surface area (TPSA) is 114 Å². The van der Waals surface area contributed by atoms with Gasteiger partial charge in [-0.15, -0.1) is 0 Å². The normalized spacial score (nSPS) is 30.6. The third kappa shape index (κ3) is 2.33. The zero-order valence-electron chi connectivity index (χ0n) is 9.93. The van der Waals surface area contributed by atoms with Gasteiger partial charge in [-0.2, -0.15) is 9.78 Å². The Labute approximate surface area is 112 Å². The molecule has 106 valence electrons. The van der Waals surface area contributed by atoms with Crippen molar-refractivity contribution in [1.29, 1.82) is 0 Å². The molecule has 0 saturated carbocycles. The van der Waals surface area contributed by atoms with Gasteiger partial charge in [0.2, 0.25) is 0 Å². The second-order valence-electron chi connectivity index (χ2n) is 4.01. The first-order valence-electron chi connectivity index (χ1n) is 5.45. The molecule has 1 aromatic rings. The molecular weight excluding hydrogens is 280 g/mol.